The van der Waals surface area contributed by atoms with Crippen molar-refractivity contribution in [2.45, 2.75) is 84.3 Å². The van der Waals surface area contributed by atoms with Crippen LogP contribution in [0, 0.1) is 0 Å². The molecule has 3 aromatic rings. The van der Waals surface area contributed by atoms with Crippen LogP contribution >= 0.6 is 0 Å². The molecule has 0 unspecified atom stereocenters. The van der Waals surface area contributed by atoms with Gasteiger partial charge in [-0.05, 0) is 37.3 Å². The quantitative estimate of drug-likeness (QED) is 0.175. The SMILES string of the molecule is CCCCCc1cc2cc(O)cc(Oc3c(O)cc(O)c4c3C[C@@](CCCCC)(OCC)OC4=O)c2c(=O)o1. The first-order valence-corrected chi connectivity index (χ1v) is 13.6. The summed E-state index contributed by atoms with van der Waals surface area (Å²) < 4.78 is 23.3. The average Bonchev–Trinajstić information content (AvgIpc) is 2.86. The van der Waals surface area contributed by atoms with E-state index in [9.17, 15) is 24.9 Å². The van der Waals surface area contributed by atoms with Gasteiger partial charge in [-0.25, -0.2) is 9.59 Å². The second kappa shape index (κ2) is 12.0. The van der Waals surface area contributed by atoms with E-state index in [0.29, 0.717) is 24.0 Å². The van der Waals surface area contributed by atoms with Crippen molar-refractivity contribution in [1.82, 2.24) is 0 Å². The summed E-state index contributed by atoms with van der Waals surface area (Å²) in [6.07, 6.45) is 6.46. The van der Waals surface area contributed by atoms with Gasteiger partial charge < -0.3 is 33.9 Å². The summed E-state index contributed by atoms with van der Waals surface area (Å²) in [4.78, 5) is 26.2. The molecule has 39 heavy (non-hydrogen) atoms. The van der Waals surface area contributed by atoms with Crippen molar-refractivity contribution in [3.8, 4) is 28.7 Å². The number of cyclic esters (lactones) is 1. The van der Waals surface area contributed by atoms with E-state index in [1.54, 1.807) is 13.0 Å². The number of hydrogen-bond donors (Lipinski definition) is 3. The van der Waals surface area contributed by atoms with E-state index in [-0.39, 0.29) is 46.8 Å². The fraction of sp³-hybridized carbons (Fsp3) is 0.467. The first-order chi connectivity index (χ1) is 18.7. The molecule has 0 saturated heterocycles. The molecular weight excluding hydrogens is 504 g/mol. The average molecular weight is 541 g/mol. The fourth-order valence-electron chi connectivity index (χ4n) is 5.12. The molecule has 0 saturated carbocycles. The van der Waals surface area contributed by atoms with Crippen LogP contribution in [0.25, 0.3) is 10.8 Å². The van der Waals surface area contributed by atoms with Crippen molar-refractivity contribution in [1.29, 1.82) is 0 Å². The van der Waals surface area contributed by atoms with E-state index in [1.807, 2.05) is 0 Å². The third-order valence-electron chi connectivity index (χ3n) is 6.94. The molecule has 4 rings (SSSR count). The number of hydrogen-bond acceptors (Lipinski definition) is 9. The third-order valence-corrected chi connectivity index (χ3v) is 6.94. The normalized spacial score (nSPS) is 16.7. The fourth-order valence-corrected chi connectivity index (χ4v) is 5.12. The highest BCUT2D eigenvalue weighted by atomic mass is 16.7. The lowest BCUT2D eigenvalue weighted by Gasteiger charge is -2.37. The van der Waals surface area contributed by atoms with Crippen molar-refractivity contribution in [2.75, 3.05) is 6.61 Å². The van der Waals surface area contributed by atoms with Crippen LogP contribution in [0.5, 0.6) is 28.7 Å². The first-order valence-electron chi connectivity index (χ1n) is 13.6. The van der Waals surface area contributed by atoms with E-state index in [0.717, 1.165) is 44.6 Å². The lowest BCUT2D eigenvalue weighted by atomic mass is 9.91. The van der Waals surface area contributed by atoms with Crippen molar-refractivity contribution in [3.63, 3.8) is 0 Å². The maximum atomic E-state index is 13.1. The number of carbonyl (C=O) groups excluding carboxylic acids is 1. The Balaban J connectivity index is 1.81. The summed E-state index contributed by atoms with van der Waals surface area (Å²) in [6, 6.07) is 5.36. The van der Waals surface area contributed by atoms with Crippen LogP contribution in [-0.4, -0.2) is 33.7 Å². The Morgan fingerprint density at radius 1 is 0.923 bits per heavy atom. The second-order valence-electron chi connectivity index (χ2n) is 9.93. The predicted molar refractivity (Wildman–Crippen MR) is 145 cm³/mol. The number of ether oxygens (including phenoxy) is 3. The van der Waals surface area contributed by atoms with Crippen LogP contribution in [-0.2, 0) is 22.3 Å². The topological polar surface area (TPSA) is 136 Å². The largest absolute Gasteiger partial charge is 0.508 e. The van der Waals surface area contributed by atoms with Gasteiger partial charge in [-0.15, -0.1) is 0 Å². The molecule has 3 N–H and O–H groups in total. The highest BCUT2D eigenvalue weighted by molar-refractivity contribution is 5.97. The lowest BCUT2D eigenvalue weighted by molar-refractivity contribution is -0.209. The summed E-state index contributed by atoms with van der Waals surface area (Å²) in [5, 5.41) is 32.3. The standard InChI is InChI=1S/C30H36O9/c1-4-7-9-11-20-14-18-13-19(31)15-24(25(18)28(34)37-20)38-27-21-17-30(36-6-3,12-10-8-5-2)39-29(35)26(21)22(32)16-23(27)33/h13-16,31-33H,4-12,17H2,1-3H3/t30-/m0/s1. The van der Waals surface area contributed by atoms with E-state index in [1.165, 1.54) is 12.1 Å². The zero-order valence-corrected chi connectivity index (χ0v) is 22.7. The molecular formula is C30H36O9. The molecule has 0 spiro atoms. The number of aryl methyl sites for hydroxylation is 1. The number of carbonyl (C=O) groups is 1. The molecule has 1 aromatic heterocycles. The van der Waals surface area contributed by atoms with Crippen LogP contribution in [0.2, 0.25) is 0 Å². The Labute approximate surface area is 226 Å². The molecule has 9 nitrogen and oxygen atoms in total. The summed E-state index contributed by atoms with van der Waals surface area (Å²) in [6.45, 7) is 6.20. The Morgan fingerprint density at radius 2 is 1.67 bits per heavy atom. The van der Waals surface area contributed by atoms with Crippen molar-refractivity contribution < 1.29 is 38.7 Å². The monoisotopic (exact) mass is 540 g/mol. The Bertz CT molecular complexity index is 1410. The summed E-state index contributed by atoms with van der Waals surface area (Å²) in [5.41, 5.74) is -0.613. The second-order valence-corrected chi connectivity index (χ2v) is 9.93. The Morgan fingerprint density at radius 3 is 2.38 bits per heavy atom. The van der Waals surface area contributed by atoms with E-state index < -0.39 is 28.9 Å². The maximum absolute atomic E-state index is 13.1. The van der Waals surface area contributed by atoms with Gasteiger partial charge in [0.05, 0.1) is 0 Å². The highest BCUT2D eigenvalue weighted by Gasteiger charge is 2.44. The number of phenolic OH excluding ortho intramolecular Hbond substituents is 3. The number of benzene rings is 2. The van der Waals surface area contributed by atoms with Gasteiger partial charge in [0.1, 0.15) is 34.0 Å². The molecule has 9 heteroatoms. The van der Waals surface area contributed by atoms with Crippen molar-refractivity contribution >= 4 is 16.7 Å². The summed E-state index contributed by atoms with van der Waals surface area (Å²) >= 11 is 0. The minimum atomic E-state index is -1.31. The summed E-state index contributed by atoms with van der Waals surface area (Å²) in [7, 11) is 0. The number of unbranched alkanes of at least 4 members (excludes halogenated alkanes) is 4. The van der Waals surface area contributed by atoms with Gasteiger partial charge in [-0.3, -0.25) is 0 Å². The van der Waals surface area contributed by atoms with E-state index >= 15 is 0 Å². The molecule has 1 aliphatic rings. The lowest BCUT2D eigenvalue weighted by Crippen LogP contribution is -2.44. The first kappa shape index (κ1) is 28.3. The van der Waals surface area contributed by atoms with Crippen LogP contribution in [0.3, 0.4) is 0 Å². The molecule has 210 valence electrons. The highest BCUT2D eigenvalue weighted by Crippen LogP contribution is 2.48. The van der Waals surface area contributed by atoms with Crippen LogP contribution in [0.15, 0.2) is 33.5 Å². The number of rotatable bonds is 12. The molecule has 0 amide bonds. The molecule has 0 aliphatic carbocycles. The molecule has 0 fully saturated rings. The zero-order valence-electron chi connectivity index (χ0n) is 22.7. The van der Waals surface area contributed by atoms with Gasteiger partial charge >= 0.3 is 11.6 Å². The molecule has 2 aromatic carbocycles. The van der Waals surface area contributed by atoms with Gasteiger partial charge in [-0.1, -0.05) is 39.5 Å². The van der Waals surface area contributed by atoms with Gasteiger partial charge in [-0.2, -0.15) is 0 Å². The van der Waals surface area contributed by atoms with Crippen LogP contribution < -0.4 is 10.4 Å². The minimum absolute atomic E-state index is 0.00977. The number of fused-ring (bicyclic) bond motifs is 2. The van der Waals surface area contributed by atoms with Crippen LogP contribution in [0.4, 0.5) is 0 Å². The third kappa shape index (κ3) is 5.98. The Kier molecular flexibility index (Phi) is 8.70. The van der Waals surface area contributed by atoms with Gasteiger partial charge in [0.25, 0.3) is 0 Å². The maximum Gasteiger partial charge on any atom is 0.347 e. The molecule has 1 atom stereocenters. The van der Waals surface area contributed by atoms with E-state index in [4.69, 9.17) is 18.6 Å². The number of esters is 1. The van der Waals surface area contributed by atoms with Crippen molar-refractivity contribution in [3.05, 3.63) is 51.6 Å². The van der Waals surface area contributed by atoms with Gasteiger partial charge in [0, 0.05) is 43.6 Å². The van der Waals surface area contributed by atoms with Gasteiger partial charge in [0.15, 0.2) is 11.5 Å². The smallest absolute Gasteiger partial charge is 0.347 e. The molecule has 0 bridgehead atoms. The molecule has 0 radical (unpaired) electrons. The zero-order chi connectivity index (χ0) is 28.2. The number of phenols is 3. The number of aromatic hydroxyl groups is 3. The molecule has 2 heterocycles. The van der Waals surface area contributed by atoms with Crippen molar-refractivity contribution in [2.24, 2.45) is 0 Å². The molecule has 1 aliphatic heterocycles. The summed E-state index contributed by atoms with van der Waals surface area (Å²) in [5.74, 6) is -2.88. The van der Waals surface area contributed by atoms with Crippen LogP contribution in [0.1, 0.15) is 87.4 Å². The van der Waals surface area contributed by atoms with E-state index in [2.05, 4.69) is 13.8 Å². The minimum Gasteiger partial charge on any atom is -0.508 e. The Hall–Kier alpha value is -3.72. The van der Waals surface area contributed by atoms with Gasteiger partial charge in [0.2, 0.25) is 5.79 Å². The predicted octanol–water partition coefficient (Wildman–Crippen LogP) is 6.46.